The maximum absolute atomic E-state index is 12.3. The van der Waals surface area contributed by atoms with E-state index in [9.17, 15) is 9.59 Å². The van der Waals surface area contributed by atoms with Gasteiger partial charge in [0.2, 0.25) is 5.91 Å². The molecule has 3 heterocycles. The zero-order valence-corrected chi connectivity index (χ0v) is 11.1. The van der Waals surface area contributed by atoms with Gasteiger partial charge in [-0.3, -0.25) is 9.59 Å². The molecule has 2 fully saturated rings. The lowest BCUT2D eigenvalue weighted by Crippen LogP contribution is -2.35. The van der Waals surface area contributed by atoms with Crippen LogP contribution in [0.15, 0.2) is 31.1 Å². The minimum Gasteiger partial charge on any atom is -0.338 e. The fraction of sp³-hybridized carbons (Fsp3) is 0.429. The molecule has 0 N–H and O–H groups in total. The number of hydrogen-bond acceptors (Lipinski definition) is 4. The van der Waals surface area contributed by atoms with E-state index >= 15 is 0 Å². The van der Waals surface area contributed by atoms with Gasteiger partial charge < -0.3 is 9.80 Å². The molecule has 1 aromatic heterocycles. The number of aromatic nitrogens is 2. The summed E-state index contributed by atoms with van der Waals surface area (Å²) < 4.78 is 0. The molecule has 2 amide bonds. The minimum absolute atomic E-state index is 0.0614. The van der Waals surface area contributed by atoms with Crippen LogP contribution in [0.1, 0.15) is 10.4 Å². The standard InChI is InChI=1S/C14H16N4O2/c1-2-5-17-7-11-8-18(9-12(11)14(17)20)13(19)10-3-4-15-16-6-10/h2-4,6,11-12H,1,5,7-9H2/t11-,12+/m1/s1. The van der Waals surface area contributed by atoms with Crippen LogP contribution in [-0.4, -0.2) is 58.0 Å². The van der Waals surface area contributed by atoms with Crippen LogP contribution >= 0.6 is 0 Å². The first-order chi connectivity index (χ1) is 9.70. The van der Waals surface area contributed by atoms with Crippen LogP contribution in [-0.2, 0) is 4.79 Å². The Morgan fingerprint density at radius 3 is 2.90 bits per heavy atom. The molecule has 2 aliphatic heterocycles. The van der Waals surface area contributed by atoms with Gasteiger partial charge in [0.05, 0.1) is 23.9 Å². The van der Waals surface area contributed by atoms with Gasteiger partial charge in [0, 0.05) is 32.1 Å². The number of likely N-dealkylation sites (tertiary alicyclic amines) is 2. The molecule has 1 aromatic rings. The lowest BCUT2D eigenvalue weighted by atomic mass is 10.0. The molecule has 104 valence electrons. The number of hydrogen-bond donors (Lipinski definition) is 0. The fourth-order valence-electron chi connectivity index (χ4n) is 3.03. The molecule has 6 heteroatoms. The summed E-state index contributed by atoms with van der Waals surface area (Å²) in [7, 11) is 0. The summed E-state index contributed by atoms with van der Waals surface area (Å²) >= 11 is 0. The Bertz CT molecular complexity index is 545. The molecule has 0 unspecified atom stereocenters. The predicted octanol–water partition coefficient (Wildman–Crippen LogP) is 0.193. The number of fused-ring (bicyclic) bond motifs is 1. The first-order valence-corrected chi connectivity index (χ1v) is 6.66. The van der Waals surface area contributed by atoms with E-state index in [2.05, 4.69) is 16.8 Å². The van der Waals surface area contributed by atoms with Crippen LogP contribution in [0.5, 0.6) is 0 Å². The zero-order valence-electron chi connectivity index (χ0n) is 11.1. The van der Waals surface area contributed by atoms with E-state index in [1.54, 1.807) is 17.0 Å². The summed E-state index contributed by atoms with van der Waals surface area (Å²) in [4.78, 5) is 28.1. The van der Waals surface area contributed by atoms with Crippen LogP contribution in [0, 0.1) is 11.8 Å². The highest BCUT2D eigenvalue weighted by atomic mass is 16.2. The molecule has 2 saturated heterocycles. The summed E-state index contributed by atoms with van der Waals surface area (Å²) in [6.07, 6.45) is 4.70. The van der Waals surface area contributed by atoms with Gasteiger partial charge in [0.25, 0.3) is 5.91 Å². The van der Waals surface area contributed by atoms with E-state index in [4.69, 9.17) is 0 Å². The van der Waals surface area contributed by atoms with Crippen molar-refractivity contribution in [1.29, 1.82) is 0 Å². The predicted molar refractivity (Wildman–Crippen MR) is 71.7 cm³/mol. The quantitative estimate of drug-likeness (QED) is 0.737. The minimum atomic E-state index is -0.0719. The van der Waals surface area contributed by atoms with Crippen molar-refractivity contribution in [3.8, 4) is 0 Å². The molecule has 6 nitrogen and oxygen atoms in total. The second kappa shape index (κ2) is 5.03. The summed E-state index contributed by atoms with van der Waals surface area (Å²) in [5, 5.41) is 7.38. The highest BCUT2D eigenvalue weighted by Gasteiger charge is 2.47. The second-order valence-corrected chi connectivity index (χ2v) is 5.24. The summed E-state index contributed by atoms with van der Waals surface area (Å²) in [5.74, 6) is 0.241. The Hall–Kier alpha value is -2.24. The molecule has 0 aliphatic carbocycles. The Labute approximate surface area is 117 Å². The van der Waals surface area contributed by atoms with Crippen molar-refractivity contribution in [2.24, 2.45) is 11.8 Å². The number of amides is 2. The van der Waals surface area contributed by atoms with Gasteiger partial charge in [-0.2, -0.15) is 10.2 Å². The zero-order chi connectivity index (χ0) is 14.1. The maximum atomic E-state index is 12.3. The molecule has 20 heavy (non-hydrogen) atoms. The molecular weight excluding hydrogens is 256 g/mol. The smallest absolute Gasteiger partial charge is 0.255 e. The van der Waals surface area contributed by atoms with Crippen LogP contribution < -0.4 is 0 Å². The molecule has 0 spiro atoms. The highest BCUT2D eigenvalue weighted by molar-refractivity contribution is 5.95. The fourth-order valence-corrected chi connectivity index (χ4v) is 3.03. The van der Waals surface area contributed by atoms with E-state index in [1.165, 1.54) is 12.4 Å². The van der Waals surface area contributed by atoms with Crippen molar-refractivity contribution in [3.05, 3.63) is 36.7 Å². The number of rotatable bonds is 3. The van der Waals surface area contributed by atoms with Crippen LogP contribution in [0.4, 0.5) is 0 Å². The summed E-state index contributed by atoms with van der Waals surface area (Å²) in [6, 6.07) is 1.65. The largest absolute Gasteiger partial charge is 0.338 e. The van der Waals surface area contributed by atoms with E-state index in [0.29, 0.717) is 31.7 Å². The molecule has 3 rings (SSSR count). The lowest BCUT2D eigenvalue weighted by Gasteiger charge is -2.20. The van der Waals surface area contributed by atoms with Gasteiger partial charge in [0.15, 0.2) is 0 Å². The average Bonchev–Trinajstić information content (AvgIpc) is 3.01. The SMILES string of the molecule is C=CCN1C[C@@H]2CN(C(=O)c3ccnnc3)C[C@@H]2C1=O. The van der Waals surface area contributed by atoms with Crippen molar-refractivity contribution in [2.45, 2.75) is 0 Å². The van der Waals surface area contributed by atoms with Crippen LogP contribution in [0.25, 0.3) is 0 Å². The van der Waals surface area contributed by atoms with Gasteiger partial charge in [-0.15, -0.1) is 6.58 Å². The van der Waals surface area contributed by atoms with E-state index in [0.717, 1.165) is 0 Å². The molecule has 2 atom stereocenters. The van der Waals surface area contributed by atoms with Gasteiger partial charge in [-0.1, -0.05) is 6.08 Å². The molecule has 0 saturated carbocycles. The van der Waals surface area contributed by atoms with E-state index < -0.39 is 0 Å². The Kier molecular flexibility index (Phi) is 3.22. The van der Waals surface area contributed by atoms with Crippen molar-refractivity contribution < 1.29 is 9.59 Å². The van der Waals surface area contributed by atoms with Gasteiger partial charge in [-0.05, 0) is 6.07 Å². The lowest BCUT2D eigenvalue weighted by molar-refractivity contribution is -0.130. The maximum Gasteiger partial charge on any atom is 0.255 e. The Morgan fingerprint density at radius 1 is 1.40 bits per heavy atom. The summed E-state index contributed by atoms with van der Waals surface area (Å²) in [6.45, 7) is 6.10. The average molecular weight is 272 g/mol. The Morgan fingerprint density at radius 2 is 2.25 bits per heavy atom. The van der Waals surface area contributed by atoms with Crippen molar-refractivity contribution >= 4 is 11.8 Å². The van der Waals surface area contributed by atoms with Gasteiger partial charge in [0.1, 0.15) is 0 Å². The van der Waals surface area contributed by atoms with E-state index in [1.807, 2.05) is 4.90 Å². The third-order valence-corrected chi connectivity index (χ3v) is 3.99. The summed E-state index contributed by atoms with van der Waals surface area (Å²) in [5.41, 5.74) is 0.523. The number of carbonyl (C=O) groups excluding carboxylic acids is 2. The normalized spacial score (nSPS) is 24.9. The second-order valence-electron chi connectivity index (χ2n) is 5.24. The van der Waals surface area contributed by atoms with Crippen molar-refractivity contribution in [2.75, 3.05) is 26.2 Å². The van der Waals surface area contributed by atoms with E-state index in [-0.39, 0.29) is 23.7 Å². The Balaban J connectivity index is 1.69. The van der Waals surface area contributed by atoms with Crippen molar-refractivity contribution in [1.82, 2.24) is 20.0 Å². The monoisotopic (exact) mass is 272 g/mol. The first-order valence-electron chi connectivity index (χ1n) is 6.66. The molecule has 2 aliphatic rings. The first kappa shape index (κ1) is 12.8. The van der Waals surface area contributed by atoms with Gasteiger partial charge in [-0.25, -0.2) is 0 Å². The number of nitrogens with zero attached hydrogens (tertiary/aromatic N) is 4. The molecule has 0 aromatic carbocycles. The molecule has 0 radical (unpaired) electrons. The topological polar surface area (TPSA) is 66.4 Å². The van der Waals surface area contributed by atoms with Crippen LogP contribution in [0.3, 0.4) is 0 Å². The van der Waals surface area contributed by atoms with Gasteiger partial charge >= 0.3 is 0 Å². The van der Waals surface area contributed by atoms with Crippen LogP contribution in [0.2, 0.25) is 0 Å². The number of carbonyl (C=O) groups is 2. The molecular formula is C14H16N4O2. The highest BCUT2D eigenvalue weighted by Crippen LogP contribution is 2.32. The third-order valence-electron chi connectivity index (χ3n) is 3.99. The van der Waals surface area contributed by atoms with Crippen molar-refractivity contribution in [3.63, 3.8) is 0 Å². The molecule has 0 bridgehead atoms. The third kappa shape index (κ3) is 2.07.